The van der Waals surface area contributed by atoms with Gasteiger partial charge in [-0.05, 0) is 24.1 Å². The summed E-state index contributed by atoms with van der Waals surface area (Å²) in [6.07, 6.45) is 2.73. The maximum absolute atomic E-state index is 12.4. The van der Waals surface area contributed by atoms with E-state index in [1.54, 1.807) is 30.2 Å². The zero-order chi connectivity index (χ0) is 14.5. The molecule has 0 unspecified atom stereocenters. The van der Waals surface area contributed by atoms with Gasteiger partial charge in [0.15, 0.2) is 0 Å². The number of carboxylic acids is 1. The number of hydrogen-bond donors (Lipinski definition) is 1. The van der Waals surface area contributed by atoms with E-state index in [0.29, 0.717) is 19.7 Å². The lowest BCUT2D eigenvalue weighted by Crippen LogP contribution is -2.36. The fraction of sp³-hybridized carbons (Fsp3) is 0.333. The first kappa shape index (κ1) is 14.3. The molecule has 1 heterocycles. The minimum atomic E-state index is -1.08. The van der Waals surface area contributed by atoms with E-state index >= 15 is 0 Å². The topological polar surface area (TPSA) is 66.8 Å². The quantitative estimate of drug-likeness (QED) is 0.851. The normalized spacial score (nSPS) is 14.8. The molecule has 0 radical (unpaired) electrons. The SMILES string of the molecule is COCC1=CCN(C(=O)c2ccccc2C(=O)O)CC1. The third-order valence-electron chi connectivity index (χ3n) is 3.31. The summed E-state index contributed by atoms with van der Waals surface area (Å²) in [6, 6.07) is 6.30. The van der Waals surface area contributed by atoms with Crippen molar-refractivity contribution >= 4 is 11.9 Å². The zero-order valence-electron chi connectivity index (χ0n) is 11.3. The number of aromatic carboxylic acids is 1. The van der Waals surface area contributed by atoms with E-state index in [9.17, 15) is 9.59 Å². The van der Waals surface area contributed by atoms with E-state index in [1.807, 2.05) is 6.08 Å². The van der Waals surface area contributed by atoms with Crippen molar-refractivity contribution in [3.63, 3.8) is 0 Å². The summed E-state index contributed by atoms with van der Waals surface area (Å²) in [5.74, 6) is -1.32. The van der Waals surface area contributed by atoms with Gasteiger partial charge in [-0.1, -0.05) is 18.2 Å². The molecule has 0 aliphatic carbocycles. The molecule has 1 amide bonds. The maximum Gasteiger partial charge on any atom is 0.336 e. The Morgan fingerprint density at radius 2 is 2.00 bits per heavy atom. The van der Waals surface area contributed by atoms with Gasteiger partial charge in [-0.25, -0.2) is 4.79 Å². The van der Waals surface area contributed by atoms with Gasteiger partial charge in [0.05, 0.1) is 17.7 Å². The van der Waals surface area contributed by atoms with Crippen molar-refractivity contribution in [2.75, 3.05) is 26.8 Å². The smallest absolute Gasteiger partial charge is 0.336 e. The molecule has 2 rings (SSSR count). The second-order valence-electron chi connectivity index (χ2n) is 4.65. The molecule has 20 heavy (non-hydrogen) atoms. The Morgan fingerprint density at radius 1 is 1.30 bits per heavy atom. The lowest BCUT2D eigenvalue weighted by molar-refractivity contribution is 0.0677. The van der Waals surface area contributed by atoms with Gasteiger partial charge in [0.2, 0.25) is 0 Å². The van der Waals surface area contributed by atoms with E-state index < -0.39 is 5.97 Å². The predicted octanol–water partition coefficient (Wildman–Crippen LogP) is 1.80. The van der Waals surface area contributed by atoms with E-state index in [-0.39, 0.29) is 17.0 Å². The Labute approximate surface area is 117 Å². The van der Waals surface area contributed by atoms with Gasteiger partial charge in [-0.2, -0.15) is 0 Å². The number of carbonyl (C=O) groups excluding carboxylic acids is 1. The van der Waals surface area contributed by atoms with Gasteiger partial charge >= 0.3 is 5.97 Å². The Balaban J connectivity index is 2.16. The van der Waals surface area contributed by atoms with Gasteiger partial charge in [-0.15, -0.1) is 0 Å². The molecular weight excluding hydrogens is 258 g/mol. The molecule has 1 aliphatic heterocycles. The Bertz CT molecular complexity index is 551. The van der Waals surface area contributed by atoms with Gasteiger partial charge in [0.25, 0.3) is 5.91 Å². The highest BCUT2D eigenvalue weighted by Gasteiger charge is 2.22. The summed E-state index contributed by atoms with van der Waals surface area (Å²) in [6.45, 7) is 1.65. The number of amides is 1. The lowest BCUT2D eigenvalue weighted by Gasteiger charge is -2.26. The van der Waals surface area contributed by atoms with Crippen LogP contribution in [-0.2, 0) is 4.74 Å². The number of methoxy groups -OCH3 is 1. The van der Waals surface area contributed by atoms with Crippen LogP contribution in [-0.4, -0.2) is 48.7 Å². The summed E-state index contributed by atoms with van der Waals surface area (Å²) in [4.78, 5) is 25.2. The largest absolute Gasteiger partial charge is 0.478 e. The van der Waals surface area contributed by atoms with Crippen molar-refractivity contribution in [2.45, 2.75) is 6.42 Å². The van der Waals surface area contributed by atoms with Gasteiger partial charge < -0.3 is 14.7 Å². The Morgan fingerprint density at radius 3 is 2.55 bits per heavy atom. The number of ether oxygens (including phenoxy) is 1. The molecule has 0 spiro atoms. The van der Waals surface area contributed by atoms with Gasteiger partial charge in [-0.3, -0.25) is 4.79 Å². The molecule has 0 aromatic heterocycles. The van der Waals surface area contributed by atoms with Crippen LogP contribution in [0, 0.1) is 0 Å². The third kappa shape index (κ3) is 3.05. The van der Waals surface area contributed by atoms with Crippen LogP contribution in [0.4, 0.5) is 0 Å². The van der Waals surface area contributed by atoms with E-state index in [2.05, 4.69) is 0 Å². The number of hydrogen-bond acceptors (Lipinski definition) is 3. The number of nitrogens with zero attached hydrogens (tertiary/aromatic N) is 1. The molecular formula is C15H17NO4. The fourth-order valence-electron chi connectivity index (χ4n) is 2.24. The minimum absolute atomic E-state index is 0.0455. The molecule has 106 valence electrons. The van der Waals surface area contributed by atoms with Crippen LogP contribution in [0.25, 0.3) is 0 Å². The van der Waals surface area contributed by atoms with E-state index in [1.165, 1.54) is 11.6 Å². The molecule has 1 aromatic rings. The summed E-state index contributed by atoms with van der Waals surface area (Å²) in [5.41, 5.74) is 1.45. The molecule has 0 fully saturated rings. The average molecular weight is 275 g/mol. The van der Waals surface area contributed by atoms with Crippen molar-refractivity contribution in [2.24, 2.45) is 0 Å². The molecule has 5 nitrogen and oxygen atoms in total. The molecule has 0 atom stereocenters. The van der Waals surface area contributed by atoms with Crippen LogP contribution < -0.4 is 0 Å². The van der Waals surface area contributed by atoms with E-state index in [0.717, 1.165) is 6.42 Å². The monoisotopic (exact) mass is 275 g/mol. The van der Waals surface area contributed by atoms with Crippen molar-refractivity contribution in [1.82, 2.24) is 4.90 Å². The molecule has 1 N–H and O–H groups in total. The molecule has 0 saturated heterocycles. The standard InChI is InChI=1S/C15H17NO4/c1-20-10-11-6-8-16(9-7-11)14(17)12-4-2-3-5-13(12)15(18)19/h2-6H,7-10H2,1H3,(H,18,19). The zero-order valence-corrected chi connectivity index (χ0v) is 11.3. The summed E-state index contributed by atoms with van der Waals surface area (Å²) in [7, 11) is 1.64. The van der Waals surface area contributed by atoms with Gasteiger partial charge in [0.1, 0.15) is 0 Å². The molecule has 5 heteroatoms. The Kier molecular flexibility index (Phi) is 4.53. The highest BCUT2D eigenvalue weighted by Crippen LogP contribution is 2.16. The van der Waals surface area contributed by atoms with Crippen molar-refractivity contribution in [3.8, 4) is 0 Å². The first-order chi connectivity index (χ1) is 9.63. The van der Waals surface area contributed by atoms with Crippen LogP contribution in [0.5, 0.6) is 0 Å². The highest BCUT2D eigenvalue weighted by atomic mass is 16.5. The number of carbonyl (C=O) groups is 2. The molecule has 1 aromatic carbocycles. The first-order valence-corrected chi connectivity index (χ1v) is 6.42. The average Bonchev–Trinajstić information content (AvgIpc) is 2.47. The third-order valence-corrected chi connectivity index (χ3v) is 3.31. The van der Waals surface area contributed by atoms with Gasteiger partial charge in [0, 0.05) is 20.2 Å². The minimum Gasteiger partial charge on any atom is -0.478 e. The number of carboxylic acid groups (broad SMARTS) is 1. The second kappa shape index (κ2) is 6.34. The first-order valence-electron chi connectivity index (χ1n) is 6.42. The van der Waals surface area contributed by atoms with Crippen LogP contribution in [0.3, 0.4) is 0 Å². The summed E-state index contributed by atoms with van der Waals surface area (Å²) in [5, 5.41) is 9.13. The highest BCUT2D eigenvalue weighted by molar-refractivity contribution is 6.04. The van der Waals surface area contributed by atoms with Crippen LogP contribution >= 0.6 is 0 Å². The van der Waals surface area contributed by atoms with Crippen LogP contribution in [0.2, 0.25) is 0 Å². The molecule has 0 saturated carbocycles. The van der Waals surface area contributed by atoms with Crippen LogP contribution in [0.15, 0.2) is 35.9 Å². The van der Waals surface area contributed by atoms with Crippen molar-refractivity contribution < 1.29 is 19.4 Å². The van der Waals surface area contributed by atoms with Crippen LogP contribution in [0.1, 0.15) is 27.1 Å². The number of benzene rings is 1. The second-order valence-corrected chi connectivity index (χ2v) is 4.65. The molecule has 0 bridgehead atoms. The maximum atomic E-state index is 12.4. The van der Waals surface area contributed by atoms with Crippen molar-refractivity contribution in [1.29, 1.82) is 0 Å². The fourth-order valence-corrected chi connectivity index (χ4v) is 2.24. The summed E-state index contributed by atoms with van der Waals surface area (Å²) >= 11 is 0. The van der Waals surface area contributed by atoms with Crippen molar-refractivity contribution in [3.05, 3.63) is 47.0 Å². The predicted molar refractivity (Wildman–Crippen MR) is 73.9 cm³/mol. The lowest BCUT2D eigenvalue weighted by atomic mass is 10.0. The summed E-state index contributed by atoms with van der Waals surface area (Å²) < 4.78 is 5.06. The number of rotatable bonds is 4. The molecule has 1 aliphatic rings. The van der Waals surface area contributed by atoms with E-state index in [4.69, 9.17) is 9.84 Å². The Hall–Kier alpha value is -2.14.